The Kier molecular flexibility index (Phi) is 3.29. The predicted molar refractivity (Wildman–Crippen MR) is 40.9 cm³/mol. The van der Waals surface area contributed by atoms with E-state index in [9.17, 15) is 0 Å². The molecule has 1 nitrogen and oxygen atoms in total. The lowest BCUT2D eigenvalue weighted by Gasteiger charge is -2.25. The highest BCUT2D eigenvalue weighted by molar-refractivity contribution is 6.08. The molecule has 0 amide bonds. The van der Waals surface area contributed by atoms with Crippen LogP contribution in [0.1, 0.15) is 19.3 Å². The maximum absolute atomic E-state index is 3.49. The molecule has 0 bridgehead atoms. The monoisotopic (exact) mass is 140 g/mol. The fourth-order valence-corrected chi connectivity index (χ4v) is 1.66. The number of hydrogen-bond acceptors (Lipinski definition) is 1. The number of likely N-dealkylation sites (tertiary alicyclic amines) is 1. The summed E-state index contributed by atoms with van der Waals surface area (Å²) < 4.78 is 0. The van der Waals surface area contributed by atoms with Crippen molar-refractivity contribution in [3.63, 3.8) is 0 Å². The SMILES string of the molecule is [Si]CCN1CCCCC1. The van der Waals surface area contributed by atoms with E-state index in [0.29, 0.717) is 0 Å². The molecule has 0 aromatic rings. The molecule has 51 valence electrons. The molecule has 3 radical (unpaired) electrons. The van der Waals surface area contributed by atoms with E-state index in [1.54, 1.807) is 0 Å². The van der Waals surface area contributed by atoms with Crippen LogP contribution >= 0.6 is 0 Å². The van der Waals surface area contributed by atoms with Crippen LogP contribution in [-0.4, -0.2) is 34.8 Å². The third-order valence-corrected chi connectivity index (χ3v) is 2.10. The van der Waals surface area contributed by atoms with Crippen LogP contribution in [0, 0.1) is 0 Å². The number of nitrogens with zero attached hydrogens (tertiary/aromatic N) is 1. The average Bonchev–Trinajstić information content (AvgIpc) is 1.91. The van der Waals surface area contributed by atoms with Crippen LogP contribution < -0.4 is 0 Å². The third-order valence-electron chi connectivity index (χ3n) is 1.88. The van der Waals surface area contributed by atoms with Crippen molar-refractivity contribution in [3.05, 3.63) is 0 Å². The molecule has 1 heterocycles. The van der Waals surface area contributed by atoms with Gasteiger partial charge in [0.25, 0.3) is 0 Å². The summed E-state index contributed by atoms with van der Waals surface area (Å²) in [7, 11) is 3.49. The molecule has 0 aromatic carbocycles. The Morgan fingerprint density at radius 2 is 1.78 bits per heavy atom. The zero-order valence-electron chi connectivity index (χ0n) is 5.90. The molecule has 9 heavy (non-hydrogen) atoms. The van der Waals surface area contributed by atoms with Crippen molar-refractivity contribution < 1.29 is 0 Å². The molecule has 1 aliphatic heterocycles. The first-order chi connectivity index (χ1) is 4.43. The van der Waals surface area contributed by atoms with Gasteiger partial charge in [-0.2, -0.15) is 0 Å². The fraction of sp³-hybridized carbons (Fsp3) is 1.00. The van der Waals surface area contributed by atoms with Crippen LogP contribution in [0.4, 0.5) is 0 Å². The Morgan fingerprint density at radius 3 is 2.33 bits per heavy atom. The van der Waals surface area contributed by atoms with Gasteiger partial charge in [0.15, 0.2) is 0 Å². The molecule has 0 saturated carbocycles. The summed E-state index contributed by atoms with van der Waals surface area (Å²) in [6.07, 6.45) is 4.26. The molecular formula is C7H14NSi. The lowest BCUT2D eigenvalue weighted by atomic mass is 10.1. The summed E-state index contributed by atoms with van der Waals surface area (Å²) in [6.45, 7) is 3.88. The largest absolute Gasteiger partial charge is 0.304 e. The zero-order valence-corrected chi connectivity index (χ0v) is 6.90. The maximum atomic E-state index is 3.49. The van der Waals surface area contributed by atoms with Gasteiger partial charge in [0, 0.05) is 10.2 Å². The van der Waals surface area contributed by atoms with Gasteiger partial charge in [-0.15, -0.1) is 0 Å². The van der Waals surface area contributed by atoms with E-state index in [2.05, 4.69) is 15.1 Å². The smallest absolute Gasteiger partial charge is 0.0238 e. The van der Waals surface area contributed by atoms with Gasteiger partial charge in [-0.3, -0.25) is 0 Å². The highest BCUT2D eigenvalue weighted by Crippen LogP contribution is 2.07. The van der Waals surface area contributed by atoms with Crippen molar-refractivity contribution >= 4 is 10.2 Å². The Bertz CT molecular complexity index is 66.6. The summed E-state index contributed by atoms with van der Waals surface area (Å²) in [6, 6.07) is 1.12. The summed E-state index contributed by atoms with van der Waals surface area (Å²) >= 11 is 0. The van der Waals surface area contributed by atoms with Crippen molar-refractivity contribution in [1.29, 1.82) is 0 Å². The van der Waals surface area contributed by atoms with E-state index < -0.39 is 0 Å². The molecule has 0 atom stereocenters. The van der Waals surface area contributed by atoms with Crippen molar-refractivity contribution in [2.45, 2.75) is 25.3 Å². The lowest BCUT2D eigenvalue weighted by molar-refractivity contribution is 0.240. The van der Waals surface area contributed by atoms with E-state index in [1.165, 1.54) is 38.9 Å². The van der Waals surface area contributed by atoms with Gasteiger partial charge < -0.3 is 4.90 Å². The van der Waals surface area contributed by atoms with Crippen molar-refractivity contribution in [2.24, 2.45) is 0 Å². The van der Waals surface area contributed by atoms with Crippen LogP contribution in [0.15, 0.2) is 0 Å². The lowest BCUT2D eigenvalue weighted by Crippen LogP contribution is -2.30. The molecule has 1 saturated heterocycles. The van der Waals surface area contributed by atoms with Gasteiger partial charge in [-0.1, -0.05) is 12.5 Å². The van der Waals surface area contributed by atoms with Gasteiger partial charge in [0.2, 0.25) is 0 Å². The molecule has 0 aliphatic carbocycles. The number of piperidine rings is 1. The van der Waals surface area contributed by atoms with Crippen molar-refractivity contribution in [2.75, 3.05) is 19.6 Å². The molecule has 0 unspecified atom stereocenters. The predicted octanol–water partition coefficient (Wildman–Crippen LogP) is 1.06. The second kappa shape index (κ2) is 4.07. The Hall–Kier alpha value is 0.177. The summed E-state index contributed by atoms with van der Waals surface area (Å²) in [5.74, 6) is 0. The van der Waals surface area contributed by atoms with Gasteiger partial charge >= 0.3 is 0 Å². The van der Waals surface area contributed by atoms with Crippen LogP contribution in [0.3, 0.4) is 0 Å². The summed E-state index contributed by atoms with van der Waals surface area (Å²) in [5.41, 5.74) is 0. The van der Waals surface area contributed by atoms with E-state index in [0.717, 1.165) is 6.04 Å². The van der Waals surface area contributed by atoms with Crippen molar-refractivity contribution in [1.82, 2.24) is 4.90 Å². The first-order valence-corrected chi connectivity index (χ1v) is 4.51. The van der Waals surface area contributed by atoms with Gasteiger partial charge in [0.1, 0.15) is 0 Å². The molecule has 1 rings (SSSR count). The quantitative estimate of drug-likeness (QED) is 0.518. The summed E-state index contributed by atoms with van der Waals surface area (Å²) in [4.78, 5) is 2.52. The van der Waals surface area contributed by atoms with Crippen LogP contribution in [0.25, 0.3) is 0 Å². The second-order valence-electron chi connectivity index (χ2n) is 2.65. The van der Waals surface area contributed by atoms with E-state index in [-0.39, 0.29) is 0 Å². The first-order valence-electron chi connectivity index (χ1n) is 3.80. The Morgan fingerprint density at radius 1 is 1.11 bits per heavy atom. The summed E-state index contributed by atoms with van der Waals surface area (Å²) in [5, 5.41) is 0. The standard InChI is InChI=1S/C7H14NSi/c9-7-6-8-4-2-1-3-5-8/h1-7H2. The molecule has 0 spiro atoms. The topological polar surface area (TPSA) is 3.24 Å². The normalized spacial score (nSPS) is 22.3. The molecular weight excluding hydrogens is 126 g/mol. The van der Waals surface area contributed by atoms with Crippen LogP contribution in [0.5, 0.6) is 0 Å². The molecule has 0 aromatic heterocycles. The third kappa shape index (κ3) is 2.50. The molecule has 1 aliphatic rings. The van der Waals surface area contributed by atoms with Crippen LogP contribution in [0.2, 0.25) is 6.04 Å². The zero-order chi connectivity index (χ0) is 6.53. The minimum Gasteiger partial charge on any atom is -0.304 e. The van der Waals surface area contributed by atoms with E-state index in [4.69, 9.17) is 0 Å². The van der Waals surface area contributed by atoms with Gasteiger partial charge in [-0.05, 0) is 32.5 Å². The minimum atomic E-state index is 1.12. The first kappa shape index (κ1) is 7.29. The average molecular weight is 140 g/mol. The molecule has 0 N–H and O–H groups in total. The number of hydrogen-bond donors (Lipinski definition) is 0. The second-order valence-corrected chi connectivity index (χ2v) is 3.15. The van der Waals surface area contributed by atoms with Crippen molar-refractivity contribution in [3.8, 4) is 0 Å². The highest BCUT2D eigenvalue weighted by atomic mass is 28.1. The fourth-order valence-electron chi connectivity index (χ4n) is 1.34. The van der Waals surface area contributed by atoms with Gasteiger partial charge in [-0.25, -0.2) is 0 Å². The maximum Gasteiger partial charge on any atom is 0.0238 e. The minimum absolute atomic E-state index is 1.12. The molecule has 2 heteroatoms. The van der Waals surface area contributed by atoms with E-state index >= 15 is 0 Å². The van der Waals surface area contributed by atoms with E-state index in [1.807, 2.05) is 0 Å². The van der Waals surface area contributed by atoms with Crippen LogP contribution in [-0.2, 0) is 0 Å². The highest BCUT2D eigenvalue weighted by Gasteiger charge is 2.07. The number of rotatable bonds is 2. The molecule has 1 fully saturated rings. The van der Waals surface area contributed by atoms with Gasteiger partial charge in [0.05, 0.1) is 0 Å². The Labute approximate surface area is 60.9 Å². The Balaban J connectivity index is 2.08.